The molecule has 2 aromatic heterocycles. The van der Waals surface area contributed by atoms with Crippen LogP contribution in [0.4, 0.5) is 9.52 Å². The first-order valence-electron chi connectivity index (χ1n) is 9.09. The van der Waals surface area contributed by atoms with Crippen molar-refractivity contribution in [3.8, 4) is 0 Å². The van der Waals surface area contributed by atoms with Gasteiger partial charge in [0.15, 0.2) is 10.8 Å². The van der Waals surface area contributed by atoms with Crippen molar-refractivity contribution in [2.75, 3.05) is 31.1 Å². The average molecular weight is 387 g/mol. The summed E-state index contributed by atoms with van der Waals surface area (Å²) in [6.45, 7) is 8.73. The van der Waals surface area contributed by atoms with Gasteiger partial charge in [0, 0.05) is 37.9 Å². The Morgan fingerprint density at radius 2 is 1.93 bits per heavy atom. The molecule has 1 fully saturated rings. The number of nitrogens with zero attached hydrogens (tertiary/aromatic N) is 5. The molecule has 1 aromatic carbocycles. The zero-order valence-electron chi connectivity index (χ0n) is 15.6. The third-order valence-corrected chi connectivity index (χ3v) is 5.89. The van der Waals surface area contributed by atoms with Gasteiger partial charge in [0.05, 0.1) is 10.2 Å². The molecule has 3 aromatic rings. The Morgan fingerprint density at radius 1 is 1.19 bits per heavy atom. The van der Waals surface area contributed by atoms with Gasteiger partial charge >= 0.3 is 0 Å². The lowest BCUT2D eigenvalue weighted by atomic mass is 10.2. The third-order valence-electron chi connectivity index (χ3n) is 4.81. The van der Waals surface area contributed by atoms with Crippen LogP contribution in [0.15, 0.2) is 24.3 Å². The summed E-state index contributed by atoms with van der Waals surface area (Å²) in [5, 5.41) is 5.34. The fourth-order valence-corrected chi connectivity index (χ4v) is 4.44. The fourth-order valence-electron chi connectivity index (χ4n) is 3.40. The van der Waals surface area contributed by atoms with Gasteiger partial charge in [-0.15, -0.1) is 0 Å². The standard InChI is InChI=1S/C19H22FN5OS/c1-12(2)25-13(3)10-16(22-25)18(26)23-6-8-24(9-7-23)19-21-15-5-4-14(20)11-17(15)27-19/h4-5,10-12H,6-9H2,1-3H3. The molecule has 8 heteroatoms. The summed E-state index contributed by atoms with van der Waals surface area (Å²) in [6.07, 6.45) is 0. The predicted molar refractivity (Wildman–Crippen MR) is 105 cm³/mol. The summed E-state index contributed by atoms with van der Waals surface area (Å²) in [5.41, 5.74) is 2.31. The number of carbonyl (C=O) groups is 1. The minimum Gasteiger partial charge on any atom is -0.345 e. The Balaban J connectivity index is 1.45. The lowest BCUT2D eigenvalue weighted by molar-refractivity contribution is 0.0739. The van der Waals surface area contributed by atoms with Crippen LogP contribution in [0.5, 0.6) is 0 Å². The molecule has 142 valence electrons. The smallest absolute Gasteiger partial charge is 0.274 e. The first-order valence-corrected chi connectivity index (χ1v) is 9.90. The molecule has 0 saturated carbocycles. The zero-order valence-corrected chi connectivity index (χ0v) is 16.5. The molecule has 0 N–H and O–H groups in total. The van der Waals surface area contributed by atoms with E-state index in [1.54, 1.807) is 6.07 Å². The zero-order chi connectivity index (χ0) is 19.1. The maximum atomic E-state index is 13.4. The number of hydrogen-bond acceptors (Lipinski definition) is 5. The molecule has 1 aliphatic heterocycles. The maximum Gasteiger partial charge on any atom is 0.274 e. The summed E-state index contributed by atoms with van der Waals surface area (Å²) in [4.78, 5) is 21.4. The van der Waals surface area contributed by atoms with E-state index >= 15 is 0 Å². The van der Waals surface area contributed by atoms with E-state index in [0.717, 1.165) is 21.0 Å². The van der Waals surface area contributed by atoms with Crippen molar-refractivity contribution in [3.63, 3.8) is 0 Å². The minimum absolute atomic E-state index is 0.0245. The Morgan fingerprint density at radius 3 is 2.59 bits per heavy atom. The first kappa shape index (κ1) is 17.9. The van der Waals surface area contributed by atoms with Gasteiger partial charge in [-0.05, 0) is 45.0 Å². The van der Waals surface area contributed by atoms with E-state index in [1.807, 2.05) is 22.6 Å². The number of thiazole rings is 1. The highest BCUT2D eigenvalue weighted by atomic mass is 32.1. The van der Waals surface area contributed by atoms with Gasteiger partial charge in [-0.3, -0.25) is 9.48 Å². The maximum absolute atomic E-state index is 13.4. The molecule has 0 radical (unpaired) electrons. The molecule has 0 unspecified atom stereocenters. The molecule has 1 saturated heterocycles. The highest BCUT2D eigenvalue weighted by Crippen LogP contribution is 2.30. The van der Waals surface area contributed by atoms with E-state index < -0.39 is 0 Å². The SMILES string of the molecule is Cc1cc(C(=O)N2CCN(c3nc4ccc(F)cc4s3)CC2)nn1C(C)C. The van der Waals surface area contributed by atoms with Crippen LogP contribution < -0.4 is 4.90 Å². The average Bonchev–Trinajstić information content (AvgIpc) is 3.24. The molecule has 3 heterocycles. The van der Waals surface area contributed by atoms with Crippen molar-refractivity contribution in [2.24, 2.45) is 0 Å². The van der Waals surface area contributed by atoms with E-state index in [4.69, 9.17) is 0 Å². The van der Waals surface area contributed by atoms with Gasteiger partial charge in [0.25, 0.3) is 5.91 Å². The van der Waals surface area contributed by atoms with E-state index in [0.29, 0.717) is 31.9 Å². The number of aryl methyl sites for hydroxylation is 1. The number of piperazine rings is 1. The van der Waals surface area contributed by atoms with Crippen LogP contribution in [-0.2, 0) is 0 Å². The van der Waals surface area contributed by atoms with Crippen LogP contribution in [0.2, 0.25) is 0 Å². The Bertz CT molecular complexity index is 987. The normalized spacial score (nSPS) is 15.1. The lowest BCUT2D eigenvalue weighted by Gasteiger charge is -2.34. The summed E-state index contributed by atoms with van der Waals surface area (Å²) in [6, 6.07) is 6.74. The molecule has 0 bridgehead atoms. The number of carbonyl (C=O) groups excluding carboxylic acids is 1. The molecule has 27 heavy (non-hydrogen) atoms. The Kier molecular flexibility index (Phi) is 4.59. The van der Waals surface area contributed by atoms with Gasteiger partial charge in [0.2, 0.25) is 0 Å². The quantitative estimate of drug-likeness (QED) is 0.690. The molecule has 4 rings (SSSR count). The number of benzene rings is 1. The summed E-state index contributed by atoms with van der Waals surface area (Å²) in [5.74, 6) is -0.271. The second-order valence-corrected chi connectivity index (χ2v) is 8.11. The molecule has 0 atom stereocenters. The second-order valence-electron chi connectivity index (χ2n) is 7.10. The Labute approximate surface area is 161 Å². The first-order chi connectivity index (χ1) is 12.9. The van der Waals surface area contributed by atoms with E-state index in [2.05, 4.69) is 28.8 Å². The number of aromatic nitrogens is 3. The molecule has 1 aliphatic rings. The van der Waals surface area contributed by atoms with Crippen LogP contribution in [0.3, 0.4) is 0 Å². The number of anilines is 1. The van der Waals surface area contributed by atoms with Crippen molar-refractivity contribution >= 4 is 32.6 Å². The largest absolute Gasteiger partial charge is 0.345 e. The van der Waals surface area contributed by atoms with Gasteiger partial charge < -0.3 is 9.80 Å². The topological polar surface area (TPSA) is 54.3 Å². The lowest BCUT2D eigenvalue weighted by Crippen LogP contribution is -2.48. The number of hydrogen-bond donors (Lipinski definition) is 0. The third kappa shape index (κ3) is 3.41. The molecular formula is C19H22FN5OS. The summed E-state index contributed by atoms with van der Waals surface area (Å²) < 4.78 is 16.1. The number of rotatable bonds is 3. The highest BCUT2D eigenvalue weighted by Gasteiger charge is 2.26. The number of fused-ring (bicyclic) bond motifs is 1. The van der Waals surface area contributed by atoms with Crippen molar-refractivity contribution in [1.82, 2.24) is 19.7 Å². The minimum atomic E-state index is -0.246. The van der Waals surface area contributed by atoms with E-state index in [-0.39, 0.29) is 17.8 Å². The van der Waals surface area contributed by atoms with Crippen molar-refractivity contribution in [3.05, 3.63) is 41.5 Å². The second kappa shape index (κ2) is 6.92. The molecule has 0 aliphatic carbocycles. The van der Waals surface area contributed by atoms with Crippen molar-refractivity contribution in [2.45, 2.75) is 26.8 Å². The number of halogens is 1. The fraction of sp³-hybridized carbons (Fsp3) is 0.421. The van der Waals surface area contributed by atoms with E-state index in [9.17, 15) is 9.18 Å². The predicted octanol–water partition coefficient (Wildman–Crippen LogP) is 3.48. The van der Waals surface area contributed by atoms with Crippen molar-refractivity contribution in [1.29, 1.82) is 0 Å². The van der Waals surface area contributed by atoms with Crippen LogP contribution in [0, 0.1) is 12.7 Å². The van der Waals surface area contributed by atoms with Crippen LogP contribution in [0.25, 0.3) is 10.2 Å². The summed E-state index contributed by atoms with van der Waals surface area (Å²) >= 11 is 1.49. The highest BCUT2D eigenvalue weighted by molar-refractivity contribution is 7.22. The Hall–Kier alpha value is -2.48. The van der Waals surface area contributed by atoms with Crippen LogP contribution >= 0.6 is 11.3 Å². The van der Waals surface area contributed by atoms with Crippen LogP contribution in [-0.4, -0.2) is 51.8 Å². The van der Waals surface area contributed by atoms with E-state index in [1.165, 1.54) is 23.5 Å². The molecule has 1 amide bonds. The number of amides is 1. The van der Waals surface area contributed by atoms with Crippen LogP contribution in [0.1, 0.15) is 36.1 Å². The van der Waals surface area contributed by atoms with Gasteiger partial charge in [0.1, 0.15) is 5.82 Å². The monoisotopic (exact) mass is 387 g/mol. The van der Waals surface area contributed by atoms with Gasteiger partial charge in [-0.2, -0.15) is 5.10 Å². The summed E-state index contributed by atoms with van der Waals surface area (Å²) in [7, 11) is 0. The molecule has 0 spiro atoms. The van der Waals surface area contributed by atoms with Gasteiger partial charge in [-0.25, -0.2) is 9.37 Å². The molecular weight excluding hydrogens is 365 g/mol. The van der Waals surface area contributed by atoms with Gasteiger partial charge in [-0.1, -0.05) is 11.3 Å². The van der Waals surface area contributed by atoms with Crippen molar-refractivity contribution < 1.29 is 9.18 Å². The molecule has 6 nitrogen and oxygen atoms in total.